The van der Waals surface area contributed by atoms with Gasteiger partial charge in [-0.15, -0.1) is 0 Å². The van der Waals surface area contributed by atoms with Crippen molar-refractivity contribution in [1.29, 1.82) is 0 Å². The second-order valence-corrected chi connectivity index (χ2v) is 3.05. The van der Waals surface area contributed by atoms with Crippen LogP contribution >= 0.6 is 11.5 Å². The van der Waals surface area contributed by atoms with Crippen LogP contribution in [0.3, 0.4) is 0 Å². The summed E-state index contributed by atoms with van der Waals surface area (Å²) >= 11 is 1.22. The van der Waals surface area contributed by atoms with Crippen LogP contribution in [-0.4, -0.2) is 21.9 Å². The van der Waals surface area contributed by atoms with Crippen molar-refractivity contribution in [1.82, 2.24) is 9.69 Å². The summed E-state index contributed by atoms with van der Waals surface area (Å²) in [7, 11) is 0. The number of hydrogen-bond acceptors (Lipinski definition) is 4. The molecule has 6 heteroatoms. The van der Waals surface area contributed by atoms with Gasteiger partial charge < -0.3 is 10.4 Å². The maximum absolute atomic E-state index is 10.4. The van der Waals surface area contributed by atoms with Crippen LogP contribution in [0.2, 0.25) is 0 Å². The Balaban J connectivity index is 2.67. The fraction of sp³-hybridized carbons (Fsp3) is 0.286. The normalized spacial score (nSPS) is 12.0. The highest BCUT2D eigenvalue weighted by molar-refractivity contribution is 7.03. The lowest BCUT2D eigenvalue weighted by Crippen LogP contribution is -2.21. The first-order valence-electron chi connectivity index (χ1n) is 3.55. The van der Waals surface area contributed by atoms with Crippen molar-refractivity contribution in [3.8, 4) is 0 Å². The number of carboxylic acid groups (broad SMARTS) is 1. The second kappa shape index (κ2) is 4.56. The molecule has 70 valence electrons. The number of carbonyl (C=O) groups excluding carboxylic acids is 1. The van der Waals surface area contributed by atoms with Crippen molar-refractivity contribution in [2.75, 3.05) is 0 Å². The van der Waals surface area contributed by atoms with Crippen LogP contribution in [0.1, 0.15) is 18.0 Å². The van der Waals surface area contributed by atoms with Crippen molar-refractivity contribution in [2.24, 2.45) is 0 Å². The van der Waals surface area contributed by atoms with E-state index >= 15 is 0 Å². The zero-order chi connectivity index (χ0) is 9.68. The molecule has 0 unspecified atom stereocenters. The van der Waals surface area contributed by atoms with Gasteiger partial charge in [0.05, 0.1) is 12.5 Å². The number of rotatable bonds is 5. The van der Waals surface area contributed by atoms with Crippen molar-refractivity contribution < 1.29 is 14.7 Å². The Labute approximate surface area is 78.6 Å². The fourth-order valence-electron chi connectivity index (χ4n) is 0.915. The molecular weight excluding hydrogens is 192 g/mol. The average molecular weight is 200 g/mol. The number of aromatic nitrogens is 1. The molecule has 1 heterocycles. The molecule has 1 aromatic heterocycles. The van der Waals surface area contributed by atoms with Gasteiger partial charge >= 0.3 is 5.97 Å². The second-order valence-electron chi connectivity index (χ2n) is 2.39. The highest BCUT2D eigenvalue weighted by Crippen LogP contribution is 2.16. The van der Waals surface area contributed by atoms with E-state index in [4.69, 9.17) is 5.11 Å². The molecule has 0 aliphatic rings. The first kappa shape index (κ1) is 9.66. The monoisotopic (exact) mass is 200 g/mol. The van der Waals surface area contributed by atoms with Crippen molar-refractivity contribution >= 4 is 23.9 Å². The molecule has 2 N–H and O–H groups in total. The molecule has 0 fully saturated rings. The minimum Gasteiger partial charge on any atom is -0.481 e. The van der Waals surface area contributed by atoms with Gasteiger partial charge in [0.1, 0.15) is 0 Å². The van der Waals surface area contributed by atoms with Crippen LogP contribution in [0.25, 0.3) is 0 Å². The van der Waals surface area contributed by atoms with E-state index in [1.54, 1.807) is 11.6 Å². The summed E-state index contributed by atoms with van der Waals surface area (Å²) in [6.45, 7) is 0. The van der Waals surface area contributed by atoms with Gasteiger partial charge in [0, 0.05) is 17.1 Å². The molecule has 0 aromatic carbocycles. The molecule has 1 aromatic rings. The lowest BCUT2D eigenvalue weighted by Gasteiger charge is -2.10. The SMILES string of the molecule is O=CN[C@H](CC(=O)O)c1cnsc1. The molecule has 1 atom stereocenters. The van der Waals surface area contributed by atoms with Gasteiger partial charge in [-0.2, -0.15) is 0 Å². The summed E-state index contributed by atoms with van der Waals surface area (Å²) in [5.41, 5.74) is 0.722. The quantitative estimate of drug-likeness (QED) is 0.674. The zero-order valence-corrected chi connectivity index (χ0v) is 7.45. The Bertz CT molecular complexity index is 286. The van der Waals surface area contributed by atoms with Gasteiger partial charge in [-0.3, -0.25) is 9.59 Å². The smallest absolute Gasteiger partial charge is 0.305 e. The number of carboxylic acids is 1. The summed E-state index contributed by atoms with van der Waals surface area (Å²) in [6.07, 6.45) is 1.91. The van der Waals surface area contributed by atoms with Crippen molar-refractivity contribution in [3.63, 3.8) is 0 Å². The van der Waals surface area contributed by atoms with E-state index in [0.29, 0.717) is 6.41 Å². The molecule has 13 heavy (non-hydrogen) atoms. The topological polar surface area (TPSA) is 79.3 Å². The van der Waals surface area contributed by atoms with E-state index < -0.39 is 12.0 Å². The Kier molecular flexibility index (Phi) is 3.39. The van der Waals surface area contributed by atoms with Crippen LogP contribution < -0.4 is 5.32 Å². The summed E-state index contributed by atoms with van der Waals surface area (Å²) < 4.78 is 3.83. The Hall–Kier alpha value is -1.43. The van der Waals surface area contributed by atoms with E-state index in [1.165, 1.54) is 11.5 Å². The third-order valence-electron chi connectivity index (χ3n) is 1.50. The molecule has 1 rings (SSSR count). The van der Waals surface area contributed by atoms with Crippen LogP contribution in [0.5, 0.6) is 0 Å². The molecule has 0 bridgehead atoms. The molecule has 1 amide bonds. The maximum Gasteiger partial charge on any atom is 0.305 e. The van der Waals surface area contributed by atoms with Crippen LogP contribution in [0.4, 0.5) is 0 Å². The molecule has 0 saturated heterocycles. The number of nitrogens with one attached hydrogen (secondary N) is 1. The van der Waals surface area contributed by atoms with E-state index in [9.17, 15) is 9.59 Å². The van der Waals surface area contributed by atoms with Gasteiger partial charge in [-0.1, -0.05) is 0 Å². The van der Waals surface area contributed by atoms with Gasteiger partial charge in [0.2, 0.25) is 6.41 Å². The van der Waals surface area contributed by atoms with Gasteiger partial charge in [0.25, 0.3) is 0 Å². The number of nitrogens with zero attached hydrogens (tertiary/aromatic N) is 1. The summed E-state index contributed by atoms with van der Waals surface area (Å²) in [5.74, 6) is -0.953. The number of hydrogen-bond donors (Lipinski definition) is 2. The number of carbonyl (C=O) groups is 2. The Morgan fingerprint density at radius 1 is 1.85 bits per heavy atom. The lowest BCUT2D eigenvalue weighted by atomic mass is 10.1. The molecule has 0 aliphatic heterocycles. The fourth-order valence-corrected chi connectivity index (χ4v) is 1.51. The van der Waals surface area contributed by atoms with Gasteiger partial charge in [0.15, 0.2) is 0 Å². The van der Waals surface area contributed by atoms with E-state index in [0.717, 1.165) is 5.56 Å². The predicted octanol–water partition coefficient (Wildman–Crippen LogP) is 0.405. The number of aliphatic carboxylic acids is 1. The summed E-state index contributed by atoms with van der Waals surface area (Å²) in [6, 6.07) is -0.478. The van der Waals surface area contributed by atoms with Crippen LogP contribution in [0.15, 0.2) is 11.6 Å². The summed E-state index contributed by atoms with van der Waals surface area (Å²) in [5, 5.41) is 12.7. The minimum atomic E-state index is -0.953. The summed E-state index contributed by atoms with van der Waals surface area (Å²) in [4.78, 5) is 20.6. The lowest BCUT2D eigenvalue weighted by molar-refractivity contribution is -0.137. The maximum atomic E-state index is 10.4. The highest BCUT2D eigenvalue weighted by atomic mass is 32.1. The van der Waals surface area contributed by atoms with Gasteiger partial charge in [-0.25, -0.2) is 4.37 Å². The Morgan fingerprint density at radius 3 is 3.08 bits per heavy atom. The molecule has 5 nitrogen and oxygen atoms in total. The van der Waals surface area contributed by atoms with Gasteiger partial charge in [-0.05, 0) is 11.5 Å². The average Bonchev–Trinajstić information content (AvgIpc) is 2.54. The van der Waals surface area contributed by atoms with Crippen molar-refractivity contribution in [2.45, 2.75) is 12.5 Å². The minimum absolute atomic E-state index is 0.128. The largest absolute Gasteiger partial charge is 0.481 e. The molecule has 0 saturated carbocycles. The standard InChI is InChI=1S/C7H8N2O3S/c10-4-8-6(1-7(11)12)5-2-9-13-3-5/h2-4,6H,1H2,(H,8,10)(H,11,12)/t6-/m1/s1. The number of amides is 1. The zero-order valence-electron chi connectivity index (χ0n) is 6.64. The molecule has 0 radical (unpaired) electrons. The van der Waals surface area contributed by atoms with E-state index in [-0.39, 0.29) is 6.42 Å². The molecular formula is C7H8N2O3S. The molecule has 0 aliphatic carbocycles. The Morgan fingerprint density at radius 2 is 2.62 bits per heavy atom. The third-order valence-corrected chi connectivity index (χ3v) is 2.11. The van der Waals surface area contributed by atoms with E-state index in [2.05, 4.69) is 9.69 Å². The third kappa shape index (κ3) is 2.83. The molecule has 0 spiro atoms. The van der Waals surface area contributed by atoms with Crippen molar-refractivity contribution in [3.05, 3.63) is 17.1 Å². The highest BCUT2D eigenvalue weighted by Gasteiger charge is 2.14. The first-order chi connectivity index (χ1) is 6.24. The van der Waals surface area contributed by atoms with Crippen LogP contribution in [0, 0.1) is 0 Å². The van der Waals surface area contributed by atoms with E-state index in [1.807, 2.05) is 0 Å². The first-order valence-corrected chi connectivity index (χ1v) is 4.38. The predicted molar refractivity (Wildman–Crippen MR) is 46.3 cm³/mol. The van der Waals surface area contributed by atoms with Crippen LogP contribution in [-0.2, 0) is 9.59 Å².